The minimum Gasteiger partial charge on any atom is -0.254 e. The van der Waals surface area contributed by atoms with E-state index < -0.39 is 10.0 Å². The number of sulfonamides is 1. The molecule has 0 atom stereocenters. The highest BCUT2D eigenvalue weighted by molar-refractivity contribution is 7.89. The van der Waals surface area contributed by atoms with Gasteiger partial charge in [0.15, 0.2) is 0 Å². The van der Waals surface area contributed by atoms with Crippen molar-refractivity contribution in [1.82, 2.24) is 4.31 Å². The monoisotopic (exact) mass is 425 g/mol. The van der Waals surface area contributed by atoms with Crippen LogP contribution < -0.4 is 0 Å². The van der Waals surface area contributed by atoms with E-state index in [1.807, 2.05) is 79.7 Å². The van der Waals surface area contributed by atoms with Crippen molar-refractivity contribution < 1.29 is 8.42 Å². The van der Waals surface area contributed by atoms with Gasteiger partial charge in [0.25, 0.3) is 10.0 Å². The topological polar surface area (TPSA) is 37.4 Å². The molecule has 0 aromatic heterocycles. The Hall–Kier alpha value is -3.59. The summed E-state index contributed by atoms with van der Waals surface area (Å²) in [6, 6.07) is 30.3. The smallest absolute Gasteiger partial charge is 0.254 e. The van der Waals surface area contributed by atoms with Crippen molar-refractivity contribution in [2.24, 2.45) is 0 Å². The number of hydrogen-bond acceptors (Lipinski definition) is 2. The number of fused-ring (bicyclic) bond motifs is 1. The van der Waals surface area contributed by atoms with Crippen molar-refractivity contribution in [1.29, 1.82) is 0 Å². The molecule has 3 nitrogen and oxygen atoms in total. The van der Waals surface area contributed by atoms with Gasteiger partial charge in [-0.2, -0.15) is 0 Å². The van der Waals surface area contributed by atoms with Crippen molar-refractivity contribution in [3.05, 3.63) is 126 Å². The molecule has 0 aliphatic rings. The van der Waals surface area contributed by atoms with Crippen LogP contribution in [0.5, 0.6) is 0 Å². The molecular weight excluding hydrogens is 402 g/mol. The van der Waals surface area contributed by atoms with E-state index in [4.69, 9.17) is 0 Å². The fraction of sp³-hybridized carbons (Fsp3) is 0.0741. The van der Waals surface area contributed by atoms with Crippen LogP contribution in [0.25, 0.3) is 16.5 Å². The lowest BCUT2D eigenvalue weighted by atomic mass is 10.1. The van der Waals surface area contributed by atoms with Crippen LogP contribution in [-0.2, 0) is 16.6 Å². The van der Waals surface area contributed by atoms with Crippen LogP contribution in [0.4, 0.5) is 0 Å². The van der Waals surface area contributed by atoms with Crippen molar-refractivity contribution in [3.8, 4) is 0 Å². The molecule has 0 unspecified atom stereocenters. The quantitative estimate of drug-likeness (QED) is 0.347. The first-order valence-corrected chi connectivity index (χ1v) is 11.5. The molecule has 0 heterocycles. The molecule has 0 aliphatic carbocycles. The molecule has 4 aromatic carbocycles. The fourth-order valence-electron chi connectivity index (χ4n) is 3.54. The van der Waals surface area contributed by atoms with Gasteiger partial charge in [0.2, 0.25) is 0 Å². The number of hydrogen-bond donors (Lipinski definition) is 0. The molecule has 0 N–H and O–H groups in total. The Morgan fingerprint density at radius 2 is 1.48 bits per heavy atom. The van der Waals surface area contributed by atoms with E-state index in [-0.39, 0.29) is 11.4 Å². The number of aryl methyl sites for hydroxylation is 1. The van der Waals surface area contributed by atoms with Crippen molar-refractivity contribution >= 4 is 26.5 Å². The van der Waals surface area contributed by atoms with Gasteiger partial charge in [0, 0.05) is 5.56 Å². The van der Waals surface area contributed by atoms with Gasteiger partial charge in [0.1, 0.15) is 5.70 Å². The maximum Gasteiger partial charge on any atom is 0.265 e. The Balaban J connectivity index is 1.85. The van der Waals surface area contributed by atoms with Gasteiger partial charge >= 0.3 is 0 Å². The van der Waals surface area contributed by atoms with Crippen LogP contribution in [0.1, 0.15) is 16.7 Å². The third kappa shape index (κ3) is 4.31. The summed E-state index contributed by atoms with van der Waals surface area (Å²) in [5.74, 6) is 0. The third-order valence-electron chi connectivity index (χ3n) is 5.22. The Bertz CT molecular complexity index is 1370. The molecule has 4 heteroatoms. The molecular formula is C27H23NO2S. The first-order chi connectivity index (χ1) is 15.0. The maximum absolute atomic E-state index is 13.7. The first kappa shape index (κ1) is 20.7. The highest BCUT2D eigenvalue weighted by Crippen LogP contribution is 2.30. The molecule has 0 saturated carbocycles. The zero-order valence-corrected chi connectivity index (χ0v) is 18.1. The number of rotatable bonds is 6. The summed E-state index contributed by atoms with van der Waals surface area (Å²) in [5.41, 5.74) is 5.96. The number of benzene rings is 4. The predicted molar refractivity (Wildman–Crippen MR) is 127 cm³/mol. The van der Waals surface area contributed by atoms with E-state index in [0.29, 0.717) is 5.70 Å². The lowest BCUT2D eigenvalue weighted by molar-refractivity contribution is 0.507. The lowest BCUT2D eigenvalue weighted by Crippen LogP contribution is -2.29. The van der Waals surface area contributed by atoms with Crippen LogP contribution in [0.3, 0.4) is 0 Å². The molecule has 0 fully saturated rings. The van der Waals surface area contributed by atoms with Crippen LogP contribution >= 0.6 is 0 Å². The molecule has 4 aromatic rings. The van der Waals surface area contributed by atoms with Crippen molar-refractivity contribution in [2.75, 3.05) is 0 Å². The summed E-state index contributed by atoms with van der Waals surface area (Å²) >= 11 is 0. The highest BCUT2D eigenvalue weighted by atomic mass is 32.2. The highest BCUT2D eigenvalue weighted by Gasteiger charge is 2.27. The van der Waals surface area contributed by atoms with E-state index in [1.54, 1.807) is 24.3 Å². The minimum atomic E-state index is -3.83. The van der Waals surface area contributed by atoms with Gasteiger partial charge < -0.3 is 0 Å². The largest absolute Gasteiger partial charge is 0.265 e. The van der Waals surface area contributed by atoms with E-state index in [0.717, 1.165) is 27.5 Å². The molecule has 4 rings (SSSR count). The lowest BCUT2D eigenvalue weighted by Gasteiger charge is -2.26. The SMILES string of the molecule is C=C=C(c1ccc2ccccc2c1)N(Cc1ccccc1)S(=O)(=O)c1ccc(C)cc1. The third-order valence-corrected chi connectivity index (χ3v) is 6.98. The normalized spacial score (nSPS) is 11.1. The van der Waals surface area contributed by atoms with Gasteiger partial charge in [-0.15, -0.1) is 5.73 Å². The number of nitrogens with zero attached hydrogens (tertiary/aromatic N) is 1. The van der Waals surface area contributed by atoms with Gasteiger partial charge in [-0.3, -0.25) is 4.31 Å². The average Bonchev–Trinajstić information content (AvgIpc) is 2.80. The second-order valence-electron chi connectivity index (χ2n) is 7.40. The summed E-state index contributed by atoms with van der Waals surface area (Å²) in [6.07, 6.45) is 0. The molecule has 0 bridgehead atoms. The van der Waals surface area contributed by atoms with Crippen LogP contribution in [-0.4, -0.2) is 12.7 Å². The van der Waals surface area contributed by atoms with Gasteiger partial charge in [-0.25, -0.2) is 8.42 Å². The molecule has 31 heavy (non-hydrogen) atoms. The molecule has 0 amide bonds. The second kappa shape index (κ2) is 8.65. The summed E-state index contributed by atoms with van der Waals surface area (Å²) in [5, 5.41) is 2.12. The molecule has 0 spiro atoms. The van der Waals surface area contributed by atoms with Crippen LogP contribution in [0.15, 0.2) is 114 Å². The molecule has 0 radical (unpaired) electrons. The van der Waals surface area contributed by atoms with Gasteiger partial charge in [0.05, 0.1) is 11.4 Å². The average molecular weight is 426 g/mol. The second-order valence-corrected chi connectivity index (χ2v) is 9.26. The fourth-order valence-corrected chi connectivity index (χ4v) is 5.01. The Morgan fingerprint density at radius 3 is 2.16 bits per heavy atom. The van der Waals surface area contributed by atoms with Crippen molar-refractivity contribution in [2.45, 2.75) is 18.4 Å². The zero-order valence-electron chi connectivity index (χ0n) is 17.3. The van der Waals surface area contributed by atoms with E-state index in [1.165, 1.54) is 4.31 Å². The van der Waals surface area contributed by atoms with Gasteiger partial charge in [-0.1, -0.05) is 91.0 Å². The van der Waals surface area contributed by atoms with Gasteiger partial charge in [-0.05, 0) is 41.5 Å². The summed E-state index contributed by atoms with van der Waals surface area (Å²) in [7, 11) is -3.83. The zero-order chi connectivity index (χ0) is 21.8. The Morgan fingerprint density at radius 1 is 0.839 bits per heavy atom. The summed E-state index contributed by atoms with van der Waals surface area (Å²) in [4.78, 5) is 0.238. The molecule has 154 valence electrons. The minimum absolute atomic E-state index is 0.182. The van der Waals surface area contributed by atoms with Crippen molar-refractivity contribution in [3.63, 3.8) is 0 Å². The van der Waals surface area contributed by atoms with Crippen LogP contribution in [0.2, 0.25) is 0 Å². The maximum atomic E-state index is 13.7. The summed E-state index contributed by atoms with van der Waals surface area (Å²) in [6.45, 7) is 5.95. The van der Waals surface area contributed by atoms with E-state index in [9.17, 15) is 8.42 Å². The standard InChI is InChI=1S/C27H23NO2S/c1-3-27(25-16-15-23-11-7-8-12-24(23)19-25)28(20-22-9-5-4-6-10-22)31(29,30)26-17-13-21(2)14-18-26/h4-19H,1,20H2,2H3. The van der Waals surface area contributed by atoms with Crippen LogP contribution in [0, 0.1) is 6.92 Å². The summed E-state index contributed by atoms with van der Waals surface area (Å²) < 4.78 is 28.8. The Labute approximate surface area is 183 Å². The first-order valence-electron chi connectivity index (χ1n) is 10.0. The van der Waals surface area contributed by atoms with E-state index >= 15 is 0 Å². The van der Waals surface area contributed by atoms with E-state index in [2.05, 4.69) is 12.3 Å². The molecule has 0 saturated heterocycles. The predicted octanol–water partition coefficient (Wildman–Crippen LogP) is 6.17. The Kier molecular flexibility index (Phi) is 5.77. The molecule has 0 aliphatic heterocycles.